The highest BCUT2D eigenvalue weighted by atomic mass is 35.5. The topological polar surface area (TPSA) is 17.8 Å². The number of rotatable bonds is 2. The van der Waals surface area contributed by atoms with Gasteiger partial charge < -0.3 is 4.57 Å². The molecule has 0 aromatic carbocycles. The van der Waals surface area contributed by atoms with Crippen molar-refractivity contribution < 1.29 is 0 Å². The molecule has 1 heterocycles. The first-order valence-electron chi connectivity index (χ1n) is 2.61. The third-order valence-corrected chi connectivity index (χ3v) is 1.30. The van der Waals surface area contributed by atoms with Crippen molar-refractivity contribution in [2.24, 2.45) is 0 Å². The van der Waals surface area contributed by atoms with Gasteiger partial charge in [0.05, 0.1) is 12.5 Å². The zero-order chi connectivity index (χ0) is 6.69. The number of allylic oxidation sites excluding steroid dienone is 1. The van der Waals surface area contributed by atoms with E-state index in [0.29, 0.717) is 5.15 Å². The van der Waals surface area contributed by atoms with Gasteiger partial charge in [0.25, 0.3) is 0 Å². The molecule has 0 saturated carbocycles. The van der Waals surface area contributed by atoms with Crippen LogP contribution in [0.5, 0.6) is 0 Å². The molecule has 0 bridgehead atoms. The average molecular weight is 143 g/mol. The van der Waals surface area contributed by atoms with Crippen LogP contribution in [0.25, 0.3) is 0 Å². The number of imidazole rings is 1. The van der Waals surface area contributed by atoms with Crippen molar-refractivity contribution in [3.05, 3.63) is 30.3 Å². The van der Waals surface area contributed by atoms with E-state index >= 15 is 0 Å². The minimum absolute atomic E-state index is 0.648. The molecule has 0 radical (unpaired) electrons. The van der Waals surface area contributed by atoms with Crippen LogP contribution >= 0.6 is 11.6 Å². The van der Waals surface area contributed by atoms with Gasteiger partial charge in [-0.05, 0) is 0 Å². The summed E-state index contributed by atoms with van der Waals surface area (Å²) in [6.45, 7) is 4.29. The largest absolute Gasteiger partial charge is 0.318 e. The van der Waals surface area contributed by atoms with Gasteiger partial charge in [-0.15, -0.1) is 6.58 Å². The normalized spacial score (nSPS) is 9.44. The third kappa shape index (κ3) is 1.33. The van der Waals surface area contributed by atoms with E-state index in [9.17, 15) is 0 Å². The molecule has 0 saturated heterocycles. The molecule has 2 nitrogen and oxygen atoms in total. The van der Waals surface area contributed by atoms with Crippen molar-refractivity contribution in [2.75, 3.05) is 0 Å². The van der Waals surface area contributed by atoms with Gasteiger partial charge in [0, 0.05) is 6.54 Å². The van der Waals surface area contributed by atoms with E-state index in [4.69, 9.17) is 11.6 Å². The lowest BCUT2D eigenvalue weighted by molar-refractivity contribution is 0.823. The van der Waals surface area contributed by atoms with Gasteiger partial charge in [-0.3, -0.25) is 0 Å². The Bertz CT molecular complexity index is 205. The summed E-state index contributed by atoms with van der Waals surface area (Å²) in [5, 5.41) is 0.648. The molecule has 0 aliphatic rings. The van der Waals surface area contributed by atoms with E-state index in [1.165, 1.54) is 0 Å². The van der Waals surface area contributed by atoms with Crippen LogP contribution in [-0.4, -0.2) is 9.55 Å². The maximum Gasteiger partial charge on any atom is 0.128 e. The fraction of sp³-hybridized carbons (Fsp3) is 0.167. The molecule has 48 valence electrons. The predicted octanol–water partition coefficient (Wildman–Crippen LogP) is 1.72. The summed E-state index contributed by atoms with van der Waals surface area (Å²) in [5.41, 5.74) is 0. The number of halogens is 1. The molecule has 0 spiro atoms. The van der Waals surface area contributed by atoms with Crippen molar-refractivity contribution >= 4 is 11.6 Å². The van der Waals surface area contributed by atoms with Gasteiger partial charge >= 0.3 is 0 Å². The van der Waals surface area contributed by atoms with Crippen molar-refractivity contribution in [1.29, 1.82) is 0 Å². The van der Waals surface area contributed by atoms with Crippen LogP contribution in [0.3, 0.4) is 0 Å². The van der Waals surface area contributed by atoms with E-state index < -0.39 is 0 Å². The molecular weight excluding hydrogens is 136 g/mol. The van der Waals surface area contributed by atoms with Crippen LogP contribution in [0.4, 0.5) is 0 Å². The highest BCUT2D eigenvalue weighted by Crippen LogP contribution is 2.05. The third-order valence-electron chi connectivity index (χ3n) is 0.987. The Labute approximate surface area is 58.8 Å². The molecule has 0 amide bonds. The van der Waals surface area contributed by atoms with Crippen LogP contribution < -0.4 is 0 Å². The van der Waals surface area contributed by atoms with Crippen molar-refractivity contribution in [1.82, 2.24) is 9.55 Å². The van der Waals surface area contributed by atoms with E-state index in [0.717, 1.165) is 6.54 Å². The van der Waals surface area contributed by atoms with Crippen LogP contribution in [-0.2, 0) is 6.54 Å². The van der Waals surface area contributed by atoms with Crippen LogP contribution in [0.1, 0.15) is 0 Å². The average Bonchev–Trinajstić information content (AvgIpc) is 2.18. The molecule has 3 heteroatoms. The van der Waals surface area contributed by atoms with Gasteiger partial charge in [-0.1, -0.05) is 17.7 Å². The first-order valence-corrected chi connectivity index (χ1v) is 2.99. The summed E-state index contributed by atoms with van der Waals surface area (Å²) in [6.07, 6.45) is 5.04. The Morgan fingerprint density at radius 3 is 3.11 bits per heavy atom. The quantitative estimate of drug-likeness (QED) is 0.575. The number of aromatic nitrogens is 2. The zero-order valence-electron chi connectivity index (χ0n) is 4.92. The molecule has 0 aliphatic heterocycles. The Hall–Kier alpha value is -0.760. The van der Waals surface area contributed by atoms with E-state index in [-0.39, 0.29) is 0 Å². The molecule has 0 fully saturated rings. The highest BCUT2D eigenvalue weighted by molar-refractivity contribution is 6.29. The first kappa shape index (κ1) is 6.36. The van der Waals surface area contributed by atoms with Gasteiger partial charge in [0.1, 0.15) is 5.15 Å². The lowest BCUT2D eigenvalue weighted by Gasteiger charge is -1.94. The summed E-state index contributed by atoms with van der Waals surface area (Å²) in [7, 11) is 0. The smallest absolute Gasteiger partial charge is 0.128 e. The van der Waals surface area contributed by atoms with E-state index in [1.807, 2.05) is 0 Å². The second-order valence-corrected chi connectivity index (χ2v) is 2.04. The van der Waals surface area contributed by atoms with Crippen LogP contribution in [0, 0.1) is 0 Å². The molecule has 0 unspecified atom stereocenters. The van der Waals surface area contributed by atoms with E-state index in [1.54, 1.807) is 23.2 Å². The zero-order valence-corrected chi connectivity index (χ0v) is 5.67. The molecule has 1 aromatic rings. The lowest BCUT2D eigenvalue weighted by atomic mass is 10.6. The van der Waals surface area contributed by atoms with Gasteiger partial charge in [0.15, 0.2) is 0 Å². The second-order valence-electron chi connectivity index (χ2n) is 1.66. The summed E-state index contributed by atoms with van der Waals surface area (Å²) in [4.78, 5) is 3.82. The maximum absolute atomic E-state index is 5.67. The highest BCUT2D eigenvalue weighted by Gasteiger charge is 1.92. The number of hydrogen-bond donors (Lipinski definition) is 0. The lowest BCUT2D eigenvalue weighted by Crippen LogP contribution is -1.90. The molecule has 9 heavy (non-hydrogen) atoms. The number of hydrogen-bond acceptors (Lipinski definition) is 1. The molecule has 0 atom stereocenters. The maximum atomic E-state index is 5.67. The Morgan fingerprint density at radius 1 is 1.89 bits per heavy atom. The SMILES string of the molecule is C=CCn1cncc1Cl. The Kier molecular flexibility index (Phi) is 1.90. The van der Waals surface area contributed by atoms with Crippen LogP contribution in [0.2, 0.25) is 5.15 Å². The minimum Gasteiger partial charge on any atom is -0.318 e. The molecule has 1 aromatic heterocycles. The van der Waals surface area contributed by atoms with Gasteiger partial charge in [-0.25, -0.2) is 4.98 Å². The van der Waals surface area contributed by atoms with Gasteiger partial charge in [0.2, 0.25) is 0 Å². The van der Waals surface area contributed by atoms with Crippen LogP contribution in [0.15, 0.2) is 25.2 Å². The van der Waals surface area contributed by atoms with Crippen molar-refractivity contribution in [3.63, 3.8) is 0 Å². The predicted molar refractivity (Wildman–Crippen MR) is 37.4 cm³/mol. The monoisotopic (exact) mass is 142 g/mol. The molecular formula is C6H7ClN2. The van der Waals surface area contributed by atoms with Gasteiger partial charge in [-0.2, -0.15) is 0 Å². The summed E-state index contributed by atoms with van der Waals surface area (Å²) < 4.78 is 1.80. The fourth-order valence-corrected chi connectivity index (χ4v) is 0.747. The Balaban J connectivity index is 2.80. The van der Waals surface area contributed by atoms with E-state index in [2.05, 4.69) is 11.6 Å². The first-order chi connectivity index (χ1) is 4.34. The Morgan fingerprint density at radius 2 is 2.67 bits per heavy atom. The summed E-state index contributed by atoms with van der Waals surface area (Å²) in [6, 6.07) is 0. The van der Waals surface area contributed by atoms with Crippen molar-refractivity contribution in [2.45, 2.75) is 6.54 Å². The standard InChI is InChI=1S/C6H7ClN2/c1-2-3-9-5-8-4-6(9)7/h2,4-5H,1,3H2. The minimum atomic E-state index is 0.648. The number of nitrogens with zero attached hydrogens (tertiary/aromatic N) is 2. The molecule has 0 N–H and O–H groups in total. The summed E-state index contributed by atoms with van der Waals surface area (Å²) in [5.74, 6) is 0. The molecule has 0 aliphatic carbocycles. The summed E-state index contributed by atoms with van der Waals surface area (Å²) >= 11 is 5.67. The second kappa shape index (κ2) is 2.69. The molecule has 1 rings (SSSR count). The fourth-order valence-electron chi connectivity index (χ4n) is 0.578. The van der Waals surface area contributed by atoms with Crippen molar-refractivity contribution in [3.8, 4) is 0 Å².